The van der Waals surface area contributed by atoms with E-state index in [0.29, 0.717) is 18.5 Å². The fourth-order valence-corrected chi connectivity index (χ4v) is 1.60. The molecule has 1 atom stereocenters. The Bertz CT molecular complexity index is 359. The number of carboxylic acids is 1. The van der Waals surface area contributed by atoms with Crippen LogP contribution in [-0.2, 0) is 14.4 Å². The van der Waals surface area contributed by atoms with Gasteiger partial charge in [-0.3, -0.25) is 19.3 Å². The standard InChI is InChI=1S/C11H15NO4/c1-7(5-10(14)15)3-4-12-9(13)6-8(2)11(12)16/h6-7H,3-5H2,1-2H3,(H,14,15). The zero-order valence-corrected chi connectivity index (χ0v) is 9.40. The number of hydrogen-bond acceptors (Lipinski definition) is 3. The predicted molar refractivity (Wildman–Crippen MR) is 56.5 cm³/mol. The fraction of sp³-hybridized carbons (Fsp3) is 0.545. The molecule has 0 saturated carbocycles. The van der Waals surface area contributed by atoms with Gasteiger partial charge in [-0.05, 0) is 19.3 Å². The molecule has 0 spiro atoms. The van der Waals surface area contributed by atoms with E-state index in [0.717, 1.165) is 4.90 Å². The first-order chi connectivity index (χ1) is 7.41. The SMILES string of the molecule is CC1=CC(=O)N(CCC(C)CC(=O)O)C1=O. The Labute approximate surface area is 93.7 Å². The summed E-state index contributed by atoms with van der Waals surface area (Å²) in [6.45, 7) is 3.68. The van der Waals surface area contributed by atoms with Crippen LogP contribution in [0.5, 0.6) is 0 Å². The zero-order valence-electron chi connectivity index (χ0n) is 9.40. The van der Waals surface area contributed by atoms with Crippen molar-refractivity contribution >= 4 is 17.8 Å². The van der Waals surface area contributed by atoms with Crippen LogP contribution in [0.1, 0.15) is 26.7 Å². The molecular formula is C11H15NO4. The molecule has 5 nitrogen and oxygen atoms in total. The van der Waals surface area contributed by atoms with Crippen LogP contribution < -0.4 is 0 Å². The Balaban J connectivity index is 2.42. The molecule has 1 rings (SSSR count). The number of nitrogens with zero attached hydrogens (tertiary/aromatic N) is 1. The fourth-order valence-electron chi connectivity index (χ4n) is 1.60. The molecule has 1 heterocycles. The van der Waals surface area contributed by atoms with Gasteiger partial charge in [-0.15, -0.1) is 0 Å². The Hall–Kier alpha value is -1.65. The zero-order chi connectivity index (χ0) is 12.3. The third-order valence-corrected chi connectivity index (χ3v) is 2.56. The van der Waals surface area contributed by atoms with E-state index in [2.05, 4.69) is 0 Å². The Morgan fingerprint density at radius 1 is 1.50 bits per heavy atom. The lowest BCUT2D eigenvalue weighted by Crippen LogP contribution is -2.32. The minimum Gasteiger partial charge on any atom is -0.481 e. The molecule has 0 bridgehead atoms. The van der Waals surface area contributed by atoms with Crippen LogP contribution in [0.4, 0.5) is 0 Å². The summed E-state index contributed by atoms with van der Waals surface area (Å²) < 4.78 is 0. The molecule has 0 aromatic rings. The third kappa shape index (κ3) is 2.92. The summed E-state index contributed by atoms with van der Waals surface area (Å²) in [6.07, 6.45) is 1.89. The highest BCUT2D eigenvalue weighted by molar-refractivity contribution is 6.15. The largest absolute Gasteiger partial charge is 0.481 e. The molecule has 16 heavy (non-hydrogen) atoms. The van der Waals surface area contributed by atoms with Crippen LogP contribution in [0.3, 0.4) is 0 Å². The number of aliphatic carboxylic acids is 1. The van der Waals surface area contributed by atoms with Crippen molar-refractivity contribution < 1.29 is 19.5 Å². The predicted octanol–water partition coefficient (Wildman–Crippen LogP) is 0.802. The number of imide groups is 1. The summed E-state index contributed by atoms with van der Waals surface area (Å²) in [7, 11) is 0. The second kappa shape index (κ2) is 4.92. The molecule has 0 aromatic heterocycles. The molecule has 5 heteroatoms. The number of carbonyl (C=O) groups excluding carboxylic acids is 2. The second-order valence-electron chi connectivity index (χ2n) is 4.11. The highest BCUT2D eigenvalue weighted by Crippen LogP contribution is 2.15. The van der Waals surface area contributed by atoms with E-state index < -0.39 is 5.97 Å². The molecule has 0 fully saturated rings. The quantitative estimate of drug-likeness (QED) is 0.702. The lowest BCUT2D eigenvalue weighted by Gasteiger charge is -2.16. The summed E-state index contributed by atoms with van der Waals surface area (Å²) in [5.41, 5.74) is 0.441. The van der Waals surface area contributed by atoms with E-state index in [4.69, 9.17) is 5.11 Å². The van der Waals surface area contributed by atoms with Crippen LogP contribution >= 0.6 is 0 Å². The molecule has 1 aliphatic rings. The van der Waals surface area contributed by atoms with E-state index >= 15 is 0 Å². The highest BCUT2D eigenvalue weighted by Gasteiger charge is 2.28. The van der Waals surface area contributed by atoms with Gasteiger partial charge in [0.1, 0.15) is 0 Å². The average molecular weight is 225 g/mol. The van der Waals surface area contributed by atoms with Crippen molar-refractivity contribution in [2.24, 2.45) is 5.92 Å². The summed E-state index contributed by atoms with van der Waals surface area (Å²) >= 11 is 0. The van der Waals surface area contributed by atoms with Crippen molar-refractivity contribution in [3.63, 3.8) is 0 Å². The minimum absolute atomic E-state index is 0.0426. The van der Waals surface area contributed by atoms with Crippen molar-refractivity contribution in [1.82, 2.24) is 4.90 Å². The Morgan fingerprint density at radius 2 is 2.12 bits per heavy atom. The van der Waals surface area contributed by atoms with E-state index in [1.807, 2.05) is 0 Å². The van der Waals surface area contributed by atoms with Gasteiger partial charge in [0.25, 0.3) is 11.8 Å². The van der Waals surface area contributed by atoms with Crippen molar-refractivity contribution in [3.05, 3.63) is 11.6 Å². The number of carbonyl (C=O) groups is 3. The second-order valence-corrected chi connectivity index (χ2v) is 4.11. The maximum absolute atomic E-state index is 11.5. The van der Waals surface area contributed by atoms with Gasteiger partial charge in [-0.2, -0.15) is 0 Å². The first-order valence-electron chi connectivity index (χ1n) is 5.17. The van der Waals surface area contributed by atoms with E-state index in [-0.39, 0.29) is 24.2 Å². The average Bonchev–Trinajstić information content (AvgIpc) is 2.38. The van der Waals surface area contributed by atoms with Gasteiger partial charge in [0, 0.05) is 24.6 Å². The number of carboxylic acid groups (broad SMARTS) is 1. The molecule has 2 amide bonds. The molecular weight excluding hydrogens is 210 g/mol. The normalized spacial score (nSPS) is 17.6. The minimum atomic E-state index is -0.860. The summed E-state index contributed by atoms with van der Waals surface area (Å²) in [6, 6.07) is 0. The monoisotopic (exact) mass is 225 g/mol. The molecule has 0 aliphatic carbocycles. The van der Waals surface area contributed by atoms with Gasteiger partial charge >= 0.3 is 5.97 Å². The van der Waals surface area contributed by atoms with E-state index in [9.17, 15) is 14.4 Å². The van der Waals surface area contributed by atoms with Crippen molar-refractivity contribution in [1.29, 1.82) is 0 Å². The van der Waals surface area contributed by atoms with Gasteiger partial charge in [-0.1, -0.05) is 6.92 Å². The van der Waals surface area contributed by atoms with Crippen LogP contribution in [0.15, 0.2) is 11.6 Å². The topological polar surface area (TPSA) is 74.7 Å². The lowest BCUT2D eigenvalue weighted by atomic mass is 10.0. The van der Waals surface area contributed by atoms with Gasteiger partial charge in [0.2, 0.25) is 0 Å². The van der Waals surface area contributed by atoms with Gasteiger partial charge < -0.3 is 5.11 Å². The van der Waals surface area contributed by atoms with Crippen molar-refractivity contribution in [2.45, 2.75) is 26.7 Å². The number of hydrogen-bond donors (Lipinski definition) is 1. The molecule has 1 N–H and O–H groups in total. The first-order valence-corrected chi connectivity index (χ1v) is 5.17. The summed E-state index contributed by atoms with van der Waals surface area (Å²) in [5.74, 6) is -1.47. The molecule has 0 radical (unpaired) electrons. The number of rotatable bonds is 5. The van der Waals surface area contributed by atoms with Crippen molar-refractivity contribution in [2.75, 3.05) is 6.54 Å². The van der Waals surface area contributed by atoms with Crippen molar-refractivity contribution in [3.8, 4) is 0 Å². The van der Waals surface area contributed by atoms with Crippen LogP contribution in [-0.4, -0.2) is 34.3 Å². The molecule has 1 unspecified atom stereocenters. The van der Waals surface area contributed by atoms with Gasteiger partial charge in [0.05, 0.1) is 0 Å². The Kier molecular flexibility index (Phi) is 3.82. The van der Waals surface area contributed by atoms with Crippen LogP contribution in [0.2, 0.25) is 0 Å². The Morgan fingerprint density at radius 3 is 2.56 bits per heavy atom. The molecule has 0 aromatic carbocycles. The van der Waals surface area contributed by atoms with Crippen LogP contribution in [0.25, 0.3) is 0 Å². The first kappa shape index (κ1) is 12.4. The lowest BCUT2D eigenvalue weighted by molar-refractivity contribution is -0.138. The highest BCUT2D eigenvalue weighted by atomic mass is 16.4. The smallest absolute Gasteiger partial charge is 0.303 e. The van der Waals surface area contributed by atoms with E-state index in [1.54, 1.807) is 13.8 Å². The maximum atomic E-state index is 11.5. The molecule has 1 aliphatic heterocycles. The third-order valence-electron chi connectivity index (χ3n) is 2.56. The maximum Gasteiger partial charge on any atom is 0.303 e. The molecule has 88 valence electrons. The van der Waals surface area contributed by atoms with Crippen LogP contribution in [0, 0.1) is 5.92 Å². The molecule has 0 saturated heterocycles. The summed E-state index contributed by atoms with van der Waals surface area (Å²) in [4.78, 5) is 34.4. The summed E-state index contributed by atoms with van der Waals surface area (Å²) in [5, 5.41) is 8.56. The van der Waals surface area contributed by atoms with Gasteiger partial charge in [0.15, 0.2) is 0 Å². The van der Waals surface area contributed by atoms with E-state index in [1.165, 1.54) is 6.08 Å². The number of amides is 2. The van der Waals surface area contributed by atoms with Gasteiger partial charge in [-0.25, -0.2) is 0 Å².